The molecule has 0 saturated carbocycles. The van der Waals surface area contributed by atoms with Gasteiger partial charge in [0.15, 0.2) is 0 Å². The third-order valence-electron chi connectivity index (χ3n) is 4.90. The number of aromatic nitrogens is 2. The molecule has 4 rings (SSSR count). The Hall–Kier alpha value is -3.84. The summed E-state index contributed by atoms with van der Waals surface area (Å²) >= 11 is 6.00. The van der Waals surface area contributed by atoms with E-state index >= 15 is 0 Å². The van der Waals surface area contributed by atoms with E-state index in [9.17, 15) is 14.7 Å². The number of ether oxygens (including phenoxy) is 1. The Kier molecular flexibility index (Phi) is 6.09. The molecule has 0 aliphatic rings. The number of carbonyl (C=O) groups excluding carboxylic acids is 1. The van der Waals surface area contributed by atoms with Gasteiger partial charge in [-0.3, -0.25) is 9.36 Å². The number of hydrogen-bond donors (Lipinski definition) is 2. The first-order valence-corrected chi connectivity index (χ1v) is 10.3. The van der Waals surface area contributed by atoms with Gasteiger partial charge in [0.05, 0.1) is 22.6 Å². The molecule has 0 aliphatic carbocycles. The van der Waals surface area contributed by atoms with Crippen molar-refractivity contribution in [2.75, 3.05) is 0 Å². The zero-order valence-corrected chi connectivity index (χ0v) is 17.9. The highest BCUT2D eigenvalue weighted by Gasteiger charge is 2.20. The van der Waals surface area contributed by atoms with Crippen molar-refractivity contribution < 1.29 is 14.6 Å². The van der Waals surface area contributed by atoms with Gasteiger partial charge in [0.25, 0.3) is 5.56 Å². The summed E-state index contributed by atoms with van der Waals surface area (Å²) in [6, 6.07) is 19.7. The highest BCUT2D eigenvalue weighted by molar-refractivity contribution is 6.30. The third-order valence-corrected chi connectivity index (χ3v) is 5.15. The molecule has 7 nitrogen and oxygen atoms in total. The van der Waals surface area contributed by atoms with Gasteiger partial charge in [-0.25, -0.2) is 9.78 Å². The van der Waals surface area contributed by atoms with Gasteiger partial charge >= 0.3 is 6.09 Å². The number of phenolic OH excluding ortho intramolecular Hbond substituents is 1. The number of carbonyl (C=O) groups is 1. The lowest BCUT2D eigenvalue weighted by Crippen LogP contribution is -2.33. The first-order valence-electron chi connectivity index (χ1n) is 9.91. The summed E-state index contributed by atoms with van der Waals surface area (Å²) in [5.74, 6) is 0.273. The van der Waals surface area contributed by atoms with Gasteiger partial charge in [0.1, 0.15) is 18.2 Å². The SMILES string of the molecule is C[C@@H](NC(=O)OCc1ccccc1)c1nc2cc(O)ccc2c(=O)n1-c1ccc(Cl)cc1. The molecule has 4 aromatic rings. The molecule has 32 heavy (non-hydrogen) atoms. The summed E-state index contributed by atoms with van der Waals surface area (Å²) in [7, 11) is 0. The third kappa shape index (κ3) is 4.58. The van der Waals surface area contributed by atoms with Crippen LogP contribution in [0.25, 0.3) is 16.6 Å². The van der Waals surface area contributed by atoms with Crippen LogP contribution in [0, 0.1) is 0 Å². The smallest absolute Gasteiger partial charge is 0.408 e. The average molecular weight is 450 g/mol. The highest BCUT2D eigenvalue weighted by Crippen LogP contribution is 2.22. The van der Waals surface area contributed by atoms with Crippen LogP contribution in [-0.4, -0.2) is 20.8 Å². The molecule has 3 aromatic carbocycles. The summed E-state index contributed by atoms with van der Waals surface area (Å²) in [5.41, 5.74) is 1.39. The van der Waals surface area contributed by atoms with Crippen LogP contribution in [0.1, 0.15) is 24.4 Å². The topological polar surface area (TPSA) is 93.5 Å². The zero-order chi connectivity index (χ0) is 22.7. The highest BCUT2D eigenvalue weighted by atomic mass is 35.5. The Morgan fingerprint density at radius 3 is 2.56 bits per heavy atom. The molecule has 1 amide bonds. The molecule has 0 bridgehead atoms. The van der Waals surface area contributed by atoms with Crippen molar-refractivity contribution in [3.8, 4) is 11.4 Å². The van der Waals surface area contributed by atoms with E-state index in [-0.39, 0.29) is 23.7 Å². The maximum absolute atomic E-state index is 13.3. The molecule has 8 heteroatoms. The van der Waals surface area contributed by atoms with Crippen molar-refractivity contribution in [3.63, 3.8) is 0 Å². The second-order valence-corrected chi connectivity index (χ2v) is 7.65. The lowest BCUT2D eigenvalue weighted by molar-refractivity contribution is 0.136. The van der Waals surface area contributed by atoms with Crippen LogP contribution < -0.4 is 10.9 Å². The monoisotopic (exact) mass is 449 g/mol. The Morgan fingerprint density at radius 1 is 1.12 bits per heavy atom. The van der Waals surface area contributed by atoms with E-state index in [1.54, 1.807) is 31.2 Å². The Morgan fingerprint density at radius 2 is 1.84 bits per heavy atom. The Labute approximate surface area is 188 Å². The lowest BCUT2D eigenvalue weighted by Gasteiger charge is -2.19. The predicted octanol–water partition coefficient (Wildman–Crippen LogP) is 4.73. The molecule has 0 aliphatic heterocycles. The number of halogens is 1. The van der Waals surface area contributed by atoms with Gasteiger partial charge in [0.2, 0.25) is 0 Å². The van der Waals surface area contributed by atoms with Crippen LogP contribution in [0.2, 0.25) is 5.02 Å². The number of benzene rings is 3. The minimum atomic E-state index is -0.673. The number of nitrogens with zero attached hydrogens (tertiary/aromatic N) is 2. The summed E-state index contributed by atoms with van der Waals surface area (Å²) in [5, 5.41) is 13.4. The number of nitrogens with one attached hydrogen (secondary N) is 1. The van der Waals surface area contributed by atoms with E-state index in [0.29, 0.717) is 21.6 Å². The number of alkyl carbamates (subject to hydrolysis) is 1. The molecule has 1 aromatic heterocycles. The zero-order valence-electron chi connectivity index (χ0n) is 17.2. The summed E-state index contributed by atoms with van der Waals surface area (Å²) in [4.78, 5) is 30.3. The van der Waals surface area contributed by atoms with Crippen LogP contribution in [-0.2, 0) is 11.3 Å². The Balaban J connectivity index is 1.69. The van der Waals surface area contributed by atoms with Crippen molar-refractivity contribution >= 4 is 28.6 Å². The molecular weight excluding hydrogens is 430 g/mol. The van der Waals surface area contributed by atoms with Crippen LogP contribution in [0.3, 0.4) is 0 Å². The fourth-order valence-corrected chi connectivity index (χ4v) is 3.45. The molecule has 1 heterocycles. The predicted molar refractivity (Wildman–Crippen MR) is 122 cm³/mol. The van der Waals surface area contributed by atoms with E-state index in [2.05, 4.69) is 10.3 Å². The van der Waals surface area contributed by atoms with Crippen molar-refractivity contribution in [1.29, 1.82) is 0 Å². The summed E-state index contributed by atoms with van der Waals surface area (Å²) in [6.45, 7) is 1.81. The fourth-order valence-electron chi connectivity index (χ4n) is 3.33. The number of hydrogen-bond acceptors (Lipinski definition) is 5. The molecule has 162 valence electrons. The van der Waals surface area contributed by atoms with Gasteiger partial charge in [-0.05, 0) is 48.9 Å². The van der Waals surface area contributed by atoms with Gasteiger partial charge in [-0.2, -0.15) is 0 Å². The van der Waals surface area contributed by atoms with Crippen LogP contribution in [0.15, 0.2) is 77.6 Å². The first kappa shape index (κ1) is 21.4. The van der Waals surface area contributed by atoms with E-state index < -0.39 is 12.1 Å². The van der Waals surface area contributed by atoms with Gasteiger partial charge in [-0.1, -0.05) is 41.9 Å². The van der Waals surface area contributed by atoms with E-state index in [4.69, 9.17) is 16.3 Å². The van der Waals surface area contributed by atoms with E-state index in [0.717, 1.165) is 5.56 Å². The molecule has 0 saturated heterocycles. The number of phenols is 1. The molecule has 0 radical (unpaired) electrons. The van der Waals surface area contributed by atoms with E-state index in [1.165, 1.54) is 22.8 Å². The van der Waals surface area contributed by atoms with E-state index in [1.807, 2.05) is 30.3 Å². The quantitative estimate of drug-likeness (QED) is 0.459. The molecular formula is C24H20ClN3O4. The van der Waals surface area contributed by atoms with Crippen molar-refractivity contribution in [1.82, 2.24) is 14.9 Å². The maximum atomic E-state index is 13.3. The van der Waals surface area contributed by atoms with Crippen LogP contribution in [0.5, 0.6) is 5.75 Å². The summed E-state index contributed by atoms with van der Waals surface area (Å²) < 4.78 is 6.71. The van der Waals surface area contributed by atoms with Gasteiger partial charge < -0.3 is 15.2 Å². The maximum Gasteiger partial charge on any atom is 0.408 e. The standard InChI is InChI=1S/C24H20ClN3O4/c1-15(26-24(31)32-14-16-5-3-2-4-6-16)22-27-21-13-19(29)11-12-20(21)23(30)28(22)18-9-7-17(25)8-10-18/h2-13,15,29H,14H2,1H3,(H,26,31)/t15-/m1/s1. The fraction of sp³-hybridized carbons (Fsp3) is 0.125. The minimum absolute atomic E-state index is 0.0116. The molecule has 0 fully saturated rings. The first-order chi connectivity index (χ1) is 15.4. The van der Waals surface area contributed by atoms with Crippen molar-refractivity contribution in [3.05, 3.63) is 99.6 Å². The largest absolute Gasteiger partial charge is 0.508 e. The second kappa shape index (κ2) is 9.11. The summed E-state index contributed by atoms with van der Waals surface area (Å²) in [6.07, 6.45) is -0.644. The van der Waals surface area contributed by atoms with Crippen LogP contribution >= 0.6 is 11.6 Å². The van der Waals surface area contributed by atoms with Gasteiger partial charge in [0, 0.05) is 11.1 Å². The molecule has 0 unspecified atom stereocenters. The molecule has 1 atom stereocenters. The van der Waals surface area contributed by atoms with Gasteiger partial charge in [-0.15, -0.1) is 0 Å². The van der Waals surface area contributed by atoms with Crippen LogP contribution in [0.4, 0.5) is 4.79 Å². The number of amides is 1. The second-order valence-electron chi connectivity index (χ2n) is 7.22. The minimum Gasteiger partial charge on any atom is -0.508 e. The van der Waals surface area contributed by atoms with Crippen molar-refractivity contribution in [2.24, 2.45) is 0 Å². The molecule has 2 N–H and O–H groups in total. The lowest BCUT2D eigenvalue weighted by atomic mass is 10.2. The number of aromatic hydroxyl groups is 1. The average Bonchev–Trinajstić information content (AvgIpc) is 2.79. The molecule has 0 spiro atoms. The van der Waals surface area contributed by atoms with Crippen molar-refractivity contribution in [2.45, 2.75) is 19.6 Å². The number of rotatable bonds is 5. The Bertz CT molecular complexity index is 1320. The normalized spacial score (nSPS) is 11.8. The number of fused-ring (bicyclic) bond motifs is 1.